The van der Waals surface area contributed by atoms with Gasteiger partial charge in [0.05, 0.1) is 6.61 Å². The minimum atomic E-state index is -0.0210. The molecule has 0 amide bonds. The lowest BCUT2D eigenvalue weighted by molar-refractivity contribution is 0.240. The van der Waals surface area contributed by atoms with E-state index in [0.717, 1.165) is 12.2 Å². The number of rotatable bonds is 4. The second-order valence-electron chi connectivity index (χ2n) is 4.65. The summed E-state index contributed by atoms with van der Waals surface area (Å²) in [6.45, 7) is 2.75. The van der Waals surface area contributed by atoms with Crippen LogP contribution in [0.1, 0.15) is 44.2 Å². The molecule has 1 aromatic rings. The Morgan fingerprint density at radius 3 is 2.94 bits per heavy atom. The zero-order chi connectivity index (χ0) is 11.4. The van der Waals surface area contributed by atoms with Gasteiger partial charge in [0.15, 0.2) is 0 Å². The SMILES string of the molecule is C[C@H](N)c1cccnc1OCC1CCCC1. The average Bonchev–Trinajstić information content (AvgIpc) is 2.79. The van der Waals surface area contributed by atoms with E-state index in [4.69, 9.17) is 10.5 Å². The molecule has 3 heteroatoms. The van der Waals surface area contributed by atoms with E-state index in [1.807, 2.05) is 19.1 Å². The van der Waals surface area contributed by atoms with Gasteiger partial charge in [0, 0.05) is 17.8 Å². The monoisotopic (exact) mass is 220 g/mol. The Labute approximate surface area is 97.0 Å². The number of hydrogen-bond acceptors (Lipinski definition) is 3. The molecule has 1 aromatic heterocycles. The summed E-state index contributed by atoms with van der Waals surface area (Å²) in [5.41, 5.74) is 6.88. The molecule has 0 unspecified atom stereocenters. The van der Waals surface area contributed by atoms with Gasteiger partial charge in [0.25, 0.3) is 0 Å². The van der Waals surface area contributed by atoms with E-state index in [9.17, 15) is 0 Å². The summed E-state index contributed by atoms with van der Waals surface area (Å²) in [7, 11) is 0. The van der Waals surface area contributed by atoms with Crippen LogP contribution in [-0.4, -0.2) is 11.6 Å². The van der Waals surface area contributed by atoms with Gasteiger partial charge in [-0.1, -0.05) is 18.9 Å². The highest BCUT2D eigenvalue weighted by molar-refractivity contribution is 5.28. The summed E-state index contributed by atoms with van der Waals surface area (Å²) in [5.74, 6) is 1.42. The second kappa shape index (κ2) is 5.30. The lowest BCUT2D eigenvalue weighted by Crippen LogP contribution is -2.13. The molecule has 88 valence electrons. The third-order valence-electron chi connectivity index (χ3n) is 3.22. The first-order valence-electron chi connectivity index (χ1n) is 6.10. The standard InChI is InChI=1S/C13H20N2O/c1-10(14)12-7-4-8-15-13(12)16-9-11-5-2-3-6-11/h4,7-8,10-11H,2-3,5-6,9,14H2,1H3/t10-/m0/s1. The highest BCUT2D eigenvalue weighted by Gasteiger charge is 2.17. The number of pyridine rings is 1. The van der Waals surface area contributed by atoms with E-state index < -0.39 is 0 Å². The van der Waals surface area contributed by atoms with Crippen LogP contribution in [0.4, 0.5) is 0 Å². The van der Waals surface area contributed by atoms with Crippen molar-refractivity contribution in [3.05, 3.63) is 23.9 Å². The fourth-order valence-electron chi connectivity index (χ4n) is 2.24. The van der Waals surface area contributed by atoms with Gasteiger partial charge in [-0.3, -0.25) is 0 Å². The van der Waals surface area contributed by atoms with Crippen molar-refractivity contribution >= 4 is 0 Å². The van der Waals surface area contributed by atoms with Gasteiger partial charge in [-0.15, -0.1) is 0 Å². The van der Waals surface area contributed by atoms with Crippen molar-refractivity contribution in [3.8, 4) is 5.88 Å². The van der Waals surface area contributed by atoms with Crippen LogP contribution in [0.5, 0.6) is 5.88 Å². The maximum absolute atomic E-state index is 5.88. The highest BCUT2D eigenvalue weighted by Crippen LogP contribution is 2.27. The largest absolute Gasteiger partial charge is 0.477 e. The predicted molar refractivity (Wildman–Crippen MR) is 64.3 cm³/mol. The third kappa shape index (κ3) is 2.73. The second-order valence-corrected chi connectivity index (χ2v) is 4.65. The molecule has 0 spiro atoms. The first-order valence-corrected chi connectivity index (χ1v) is 6.10. The van der Waals surface area contributed by atoms with Gasteiger partial charge < -0.3 is 10.5 Å². The fourth-order valence-corrected chi connectivity index (χ4v) is 2.24. The van der Waals surface area contributed by atoms with Crippen LogP contribution in [0.3, 0.4) is 0 Å². The van der Waals surface area contributed by atoms with E-state index >= 15 is 0 Å². The molecule has 1 aliphatic carbocycles. The number of nitrogens with two attached hydrogens (primary N) is 1. The predicted octanol–water partition coefficient (Wildman–Crippen LogP) is 2.67. The molecule has 0 saturated heterocycles. The minimum Gasteiger partial charge on any atom is -0.477 e. The quantitative estimate of drug-likeness (QED) is 0.848. The Kier molecular flexibility index (Phi) is 3.78. The number of aromatic nitrogens is 1. The Hall–Kier alpha value is -1.09. The molecule has 0 bridgehead atoms. The molecule has 1 heterocycles. The van der Waals surface area contributed by atoms with Crippen LogP contribution in [0.15, 0.2) is 18.3 Å². The van der Waals surface area contributed by atoms with Crippen LogP contribution >= 0.6 is 0 Å². The van der Waals surface area contributed by atoms with Crippen molar-refractivity contribution in [2.24, 2.45) is 11.7 Å². The van der Waals surface area contributed by atoms with Crippen molar-refractivity contribution in [2.45, 2.75) is 38.6 Å². The molecule has 2 N–H and O–H groups in total. The third-order valence-corrected chi connectivity index (χ3v) is 3.22. The summed E-state index contributed by atoms with van der Waals surface area (Å²) >= 11 is 0. The van der Waals surface area contributed by atoms with E-state index in [2.05, 4.69) is 4.98 Å². The lowest BCUT2D eigenvalue weighted by Gasteiger charge is -2.15. The summed E-state index contributed by atoms with van der Waals surface area (Å²) < 4.78 is 5.79. The summed E-state index contributed by atoms with van der Waals surface area (Å²) in [6.07, 6.45) is 7.03. The van der Waals surface area contributed by atoms with E-state index in [0.29, 0.717) is 11.8 Å². The van der Waals surface area contributed by atoms with Crippen LogP contribution in [0, 0.1) is 5.92 Å². The molecule has 1 atom stereocenters. The minimum absolute atomic E-state index is 0.0210. The van der Waals surface area contributed by atoms with Crippen LogP contribution in [0.25, 0.3) is 0 Å². The smallest absolute Gasteiger partial charge is 0.218 e. The van der Waals surface area contributed by atoms with Crippen molar-refractivity contribution in [3.63, 3.8) is 0 Å². The molecule has 1 fully saturated rings. The van der Waals surface area contributed by atoms with Gasteiger partial charge in [-0.05, 0) is 31.7 Å². The van der Waals surface area contributed by atoms with Gasteiger partial charge >= 0.3 is 0 Å². The molecule has 1 saturated carbocycles. The maximum atomic E-state index is 5.88. The van der Waals surface area contributed by atoms with Crippen LogP contribution < -0.4 is 10.5 Å². The molecule has 0 radical (unpaired) electrons. The van der Waals surface area contributed by atoms with Crippen molar-refractivity contribution in [1.82, 2.24) is 4.98 Å². The van der Waals surface area contributed by atoms with Crippen molar-refractivity contribution in [1.29, 1.82) is 0 Å². The van der Waals surface area contributed by atoms with Gasteiger partial charge in [-0.2, -0.15) is 0 Å². The summed E-state index contributed by atoms with van der Waals surface area (Å²) in [6, 6.07) is 3.87. The maximum Gasteiger partial charge on any atom is 0.218 e. The number of nitrogens with zero attached hydrogens (tertiary/aromatic N) is 1. The number of hydrogen-bond donors (Lipinski definition) is 1. The Balaban J connectivity index is 1.97. The average molecular weight is 220 g/mol. The molecular weight excluding hydrogens is 200 g/mol. The Bertz CT molecular complexity index is 332. The molecular formula is C13H20N2O. The fraction of sp³-hybridized carbons (Fsp3) is 0.615. The van der Waals surface area contributed by atoms with Crippen molar-refractivity contribution < 1.29 is 4.74 Å². The molecule has 1 aliphatic rings. The van der Waals surface area contributed by atoms with Crippen LogP contribution in [-0.2, 0) is 0 Å². The normalized spacial score (nSPS) is 18.6. The first kappa shape index (κ1) is 11.4. The molecule has 2 rings (SSSR count). The summed E-state index contributed by atoms with van der Waals surface area (Å²) in [5, 5.41) is 0. The van der Waals surface area contributed by atoms with E-state index in [1.54, 1.807) is 6.20 Å². The van der Waals surface area contributed by atoms with Gasteiger partial charge in [-0.25, -0.2) is 4.98 Å². The lowest BCUT2D eigenvalue weighted by atomic mass is 10.1. The van der Waals surface area contributed by atoms with Crippen LogP contribution in [0.2, 0.25) is 0 Å². The Morgan fingerprint density at radius 1 is 1.50 bits per heavy atom. The van der Waals surface area contributed by atoms with E-state index in [-0.39, 0.29) is 6.04 Å². The van der Waals surface area contributed by atoms with Gasteiger partial charge in [0.2, 0.25) is 5.88 Å². The molecule has 0 aromatic carbocycles. The number of ether oxygens (including phenoxy) is 1. The first-order chi connectivity index (χ1) is 7.77. The molecule has 16 heavy (non-hydrogen) atoms. The Morgan fingerprint density at radius 2 is 2.25 bits per heavy atom. The van der Waals surface area contributed by atoms with Crippen molar-refractivity contribution in [2.75, 3.05) is 6.61 Å². The summed E-state index contributed by atoms with van der Waals surface area (Å²) in [4.78, 5) is 4.26. The van der Waals surface area contributed by atoms with E-state index in [1.165, 1.54) is 25.7 Å². The topological polar surface area (TPSA) is 48.1 Å². The van der Waals surface area contributed by atoms with Gasteiger partial charge in [0.1, 0.15) is 0 Å². The zero-order valence-corrected chi connectivity index (χ0v) is 9.86. The molecule has 3 nitrogen and oxygen atoms in total. The zero-order valence-electron chi connectivity index (χ0n) is 9.86. The highest BCUT2D eigenvalue weighted by atomic mass is 16.5. The molecule has 0 aliphatic heterocycles.